The number of hydrogen-bond acceptors (Lipinski definition) is 5. The predicted molar refractivity (Wildman–Crippen MR) is 130 cm³/mol. The van der Waals surface area contributed by atoms with Crippen molar-refractivity contribution in [3.05, 3.63) is 63.9 Å². The third kappa shape index (κ3) is 4.51. The molecule has 3 heterocycles. The van der Waals surface area contributed by atoms with Crippen molar-refractivity contribution >= 4 is 50.7 Å². The highest BCUT2D eigenvalue weighted by atomic mass is 35.5. The van der Waals surface area contributed by atoms with E-state index in [1.165, 1.54) is 17.4 Å². The van der Waals surface area contributed by atoms with Crippen molar-refractivity contribution in [1.82, 2.24) is 9.88 Å². The number of hydrogen-bond donors (Lipinski definition) is 2. The number of amides is 1. The molecule has 2 aromatic heterocycles. The van der Waals surface area contributed by atoms with Crippen LogP contribution in [0.4, 0.5) is 5.00 Å². The van der Waals surface area contributed by atoms with Gasteiger partial charge < -0.3 is 10.6 Å². The van der Waals surface area contributed by atoms with Crippen LogP contribution in [-0.4, -0.2) is 29.3 Å². The Kier molecular flexibility index (Phi) is 6.79. The summed E-state index contributed by atoms with van der Waals surface area (Å²) in [5.74, 6) is 0.265. The highest BCUT2D eigenvalue weighted by Crippen LogP contribution is 2.39. The third-order valence-corrected chi connectivity index (χ3v) is 7.32. The molecular weight excluding hydrogens is 446 g/mol. The van der Waals surface area contributed by atoms with Gasteiger partial charge in [-0.25, -0.2) is 0 Å². The first-order chi connectivity index (χ1) is 15.1. The summed E-state index contributed by atoms with van der Waals surface area (Å²) in [7, 11) is 0. The van der Waals surface area contributed by atoms with E-state index in [-0.39, 0.29) is 35.6 Å². The summed E-state index contributed by atoms with van der Waals surface area (Å²) in [4.78, 5) is 39.9. The number of nitrogens with zero attached hydrogens (tertiary/aromatic N) is 1. The lowest BCUT2D eigenvalue weighted by Crippen LogP contribution is -2.34. The minimum Gasteiger partial charge on any atom is -0.317 e. The Balaban J connectivity index is 0.00000245. The monoisotopic (exact) mass is 471 g/mol. The number of nitrogens with one attached hydrogen (secondary N) is 2. The fraction of sp³-hybridized carbons (Fsp3) is 0.375. The van der Waals surface area contributed by atoms with Crippen LogP contribution in [0.3, 0.4) is 0 Å². The molecule has 1 aliphatic heterocycles. The lowest BCUT2D eigenvalue weighted by molar-refractivity contribution is -0.120. The second-order valence-corrected chi connectivity index (χ2v) is 9.46. The number of carbonyl (C=O) groups excluding carboxylic acids is 2. The summed E-state index contributed by atoms with van der Waals surface area (Å²) >= 11 is 1.34. The van der Waals surface area contributed by atoms with Crippen molar-refractivity contribution in [1.29, 1.82) is 0 Å². The van der Waals surface area contributed by atoms with Crippen LogP contribution in [0.25, 0.3) is 10.2 Å². The van der Waals surface area contributed by atoms with Gasteiger partial charge in [-0.3, -0.25) is 19.0 Å². The van der Waals surface area contributed by atoms with Crippen LogP contribution in [0.15, 0.2) is 47.3 Å². The zero-order chi connectivity index (χ0) is 21.4. The zero-order valence-corrected chi connectivity index (χ0v) is 19.3. The van der Waals surface area contributed by atoms with Crippen LogP contribution in [0.5, 0.6) is 0 Å². The van der Waals surface area contributed by atoms with Crippen LogP contribution in [0.2, 0.25) is 0 Å². The van der Waals surface area contributed by atoms with Crippen molar-refractivity contribution in [2.24, 2.45) is 11.8 Å². The third-order valence-electron chi connectivity index (χ3n) is 6.18. The average molecular weight is 472 g/mol. The first-order valence-corrected chi connectivity index (χ1v) is 11.7. The van der Waals surface area contributed by atoms with Crippen LogP contribution in [0.1, 0.15) is 41.6 Å². The highest BCUT2D eigenvalue weighted by molar-refractivity contribution is 7.23. The smallest absolute Gasteiger partial charge is 0.251 e. The van der Waals surface area contributed by atoms with Crippen LogP contribution in [0, 0.1) is 11.8 Å². The Morgan fingerprint density at radius 3 is 2.44 bits per heavy atom. The highest BCUT2D eigenvalue weighted by Gasteiger charge is 2.28. The van der Waals surface area contributed by atoms with E-state index in [0.717, 1.165) is 49.0 Å². The van der Waals surface area contributed by atoms with E-state index in [9.17, 15) is 14.4 Å². The molecule has 1 amide bonds. The largest absolute Gasteiger partial charge is 0.317 e. The van der Waals surface area contributed by atoms with Crippen LogP contribution in [-0.2, 0) is 11.3 Å². The summed E-state index contributed by atoms with van der Waals surface area (Å²) in [6.45, 7) is 2.31. The second-order valence-electron chi connectivity index (χ2n) is 8.46. The first kappa shape index (κ1) is 22.7. The van der Waals surface area contributed by atoms with Crippen molar-refractivity contribution < 1.29 is 9.59 Å². The van der Waals surface area contributed by atoms with Gasteiger partial charge in [-0.1, -0.05) is 41.7 Å². The molecule has 8 heteroatoms. The molecule has 1 aliphatic carbocycles. The summed E-state index contributed by atoms with van der Waals surface area (Å²) < 4.78 is 1.78. The topological polar surface area (TPSA) is 80.2 Å². The number of ketones is 1. The van der Waals surface area contributed by atoms with Gasteiger partial charge in [-0.05, 0) is 50.8 Å². The number of halogens is 1. The standard InChI is InChI=1S/C24H25N3O3S.ClH/c28-19-9-8-18-20(21(29)16-4-2-1-3-5-16)23(26-22(30)17-10-12-25-13-11-17)31-24(18)27(19)14-15-6-7-15;/h1-5,8-9,15,17,25H,6-7,10-14H2,(H,26,30);1H. The van der Waals surface area contributed by atoms with E-state index in [1.807, 2.05) is 18.2 Å². The Bertz CT molecular complexity index is 1190. The van der Waals surface area contributed by atoms with Gasteiger partial charge in [0.05, 0.1) is 5.56 Å². The van der Waals surface area contributed by atoms with Crippen molar-refractivity contribution in [2.45, 2.75) is 32.2 Å². The molecule has 0 atom stereocenters. The van der Waals surface area contributed by atoms with Gasteiger partial charge in [0.2, 0.25) is 5.91 Å². The summed E-state index contributed by atoms with van der Waals surface area (Å²) in [6, 6.07) is 12.4. The van der Waals surface area contributed by atoms with Crippen molar-refractivity contribution in [3.63, 3.8) is 0 Å². The summed E-state index contributed by atoms with van der Waals surface area (Å²) in [5.41, 5.74) is 0.994. The molecule has 6 nitrogen and oxygen atoms in total. The fourth-order valence-electron chi connectivity index (χ4n) is 4.21. The molecular formula is C24H26ClN3O3S. The molecule has 168 valence electrons. The molecule has 0 bridgehead atoms. The van der Waals surface area contributed by atoms with Gasteiger partial charge in [-0.15, -0.1) is 12.4 Å². The fourth-order valence-corrected chi connectivity index (χ4v) is 5.41. The maximum absolute atomic E-state index is 13.5. The van der Waals surface area contributed by atoms with E-state index in [4.69, 9.17) is 0 Å². The van der Waals surface area contributed by atoms with E-state index in [2.05, 4.69) is 10.6 Å². The number of rotatable bonds is 6. The van der Waals surface area contributed by atoms with Crippen LogP contribution < -0.4 is 16.2 Å². The zero-order valence-electron chi connectivity index (χ0n) is 17.6. The first-order valence-electron chi connectivity index (χ1n) is 10.9. The lowest BCUT2D eigenvalue weighted by atomic mass is 9.97. The van der Waals surface area contributed by atoms with Gasteiger partial charge in [-0.2, -0.15) is 0 Å². The minimum absolute atomic E-state index is 0. The van der Waals surface area contributed by atoms with Crippen molar-refractivity contribution in [3.8, 4) is 0 Å². The number of fused-ring (bicyclic) bond motifs is 1. The van der Waals surface area contributed by atoms with E-state index in [1.54, 1.807) is 22.8 Å². The lowest BCUT2D eigenvalue weighted by Gasteiger charge is -2.21. The number of thiophene rings is 1. The van der Waals surface area contributed by atoms with Gasteiger partial charge in [0.1, 0.15) is 9.83 Å². The van der Waals surface area contributed by atoms with Gasteiger partial charge >= 0.3 is 0 Å². The SMILES string of the molecule is Cl.O=C(c1ccccc1)c1c(NC(=O)C2CCNCC2)sc2c1ccc(=O)n2CC1CC1. The number of aromatic nitrogens is 1. The van der Waals surface area contributed by atoms with E-state index in [0.29, 0.717) is 28.6 Å². The van der Waals surface area contributed by atoms with Gasteiger partial charge in [0.25, 0.3) is 5.56 Å². The van der Waals surface area contributed by atoms with Gasteiger partial charge in [0.15, 0.2) is 5.78 Å². The summed E-state index contributed by atoms with van der Waals surface area (Å²) in [6.07, 6.45) is 3.82. The molecule has 2 N–H and O–H groups in total. The maximum atomic E-state index is 13.5. The maximum Gasteiger partial charge on any atom is 0.251 e. The molecule has 5 rings (SSSR count). The Hall–Kier alpha value is -2.48. The molecule has 32 heavy (non-hydrogen) atoms. The number of anilines is 1. The number of piperidine rings is 1. The molecule has 1 saturated heterocycles. The number of pyridine rings is 1. The van der Waals surface area contributed by atoms with E-state index >= 15 is 0 Å². The molecule has 2 fully saturated rings. The minimum atomic E-state index is -0.135. The predicted octanol–water partition coefficient (Wildman–Crippen LogP) is 4.06. The van der Waals surface area contributed by atoms with E-state index < -0.39 is 0 Å². The molecule has 0 unspecified atom stereocenters. The van der Waals surface area contributed by atoms with Crippen molar-refractivity contribution in [2.75, 3.05) is 18.4 Å². The van der Waals surface area contributed by atoms with Gasteiger partial charge in [0, 0.05) is 29.5 Å². The Morgan fingerprint density at radius 2 is 1.75 bits per heavy atom. The molecule has 1 saturated carbocycles. The van der Waals surface area contributed by atoms with Crippen LogP contribution >= 0.6 is 23.7 Å². The molecule has 1 aromatic carbocycles. The summed E-state index contributed by atoms with van der Waals surface area (Å²) in [5, 5.41) is 7.61. The number of benzene rings is 1. The Morgan fingerprint density at radius 1 is 1.03 bits per heavy atom. The molecule has 0 spiro atoms. The molecule has 0 radical (unpaired) electrons. The quantitative estimate of drug-likeness (QED) is 0.531. The average Bonchev–Trinajstić information content (AvgIpc) is 3.55. The number of carbonyl (C=O) groups is 2. The molecule has 2 aliphatic rings. The normalized spacial score (nSPS) is 16.5. The molecule has 3 aromatic rings. The Labute approximate surface area is 196 Å². The second kappa shape index (κ2) is 9.57.